The van der Waals surface area contributed by atoms with Crippen molar-refractivity contribution in [3.8, 4) is 0 Å². The zero-order chi connectivity index (χ0) is 28.3. The van der Waals surface area contributed by atoms with Gasteiger partial charge in [-0.1, -0.05) is 38.1 Å². The third-order valence-corrected chi connectivity index (χ3v) is 8.12. The van der Waals surface area contributed by atoms with Gasteiger partial charge in [0.05, 0.1) is 37.2 Å². The number of para-hydroxylation sites is 2. The molecule has 8 nitrogen and oxygen atoms in total. The number of nitrogens with zero attached hydrogens (tertiary/aromatic N) is 3. The standard InChI is InChI=1S/C32H43N5O3/c1-32(2)20-26-30(28(38)21-32)31(23-10-12-24(13-11-23)35(3)4)37(27-9-6-5-8-25(27)34-26)22-29(39)33-14-7-15-36-16-18-40-19-17-36/h5-6,8-13,31,34H,7,14-22H2,1-4H3,(H,33,39). The maximum Gasteiger partial charge on any atom is 0.239 e. The number of anilines is 3. The van der Waals surface area contributed by atoms with E-state index in [0.29, 0.717) is 13.0 Å². The first-order valence-corrected chi connectivity index (χ1v) is 14.4. The molecule has 1 saturated heterocycles. The minimum absolute atomic E-state index is 0.0423. The summed E-state index contributed by atoms with van der Waals surface area (Å²) >= 11 is 0. The molecule has 0 saturated carbocycles. The molecule has 0 spiro atoms. The first-order valence-electron chi connectivity index (χ1n) is 14.4. The van der Waals surface area contributed by atoms with Crippen molar-refractivity contribution in [2.45, 2.75) is 39.2 Å². The number of hydrogen-bond donors (Lipinski definition) is 2. The van der Waals surface area contributed by atoms with Crippen LogP contribution in [0, 0.1) is 5.41 Å². The Morgan fingerprint density at radius 2 is 1.80 bits per heavy atom. The first kappa shape index (κ1) is 28.2. The molecule has 1 aliphatic carbocycles. The van der Waals surface area contributed by atoms with Gasteiger partial charge in [-0.2, -0.15) is 0 Å². The fraction of sp³-hybridized carbons (Fsp3) is 0.500. The van der Waals surface area contributed by atoms with Crippen LogP contribution in [0.3, 0.4) is 0 Å². The minimum atomic E-state index is -0.370. The van der Waals surface area contributed by atoms with Crippen LogP contribution in [0.15, 0.2) is 59.8 Å². The zero-order valence-corrected chi connectivity index (χ0v) is 24.3. The molecule has 2 heterocycles. The Hall–Kier alpha value is -3.36. The zero-order valence-electron chi connectivity index (χ0n) is 24.3. The summed E-state index contributed by atoms with van der Waals surface area (Å²) in [6.07, 6.45) is 2.15. The van der Waals surface area contributed by atoms with E-state index in [9.17, 15) is 9.59 Å². The van der Waals surface area contributed by atoms with Crippen LogP contribution in [0.1, 0.15) is 44.7 Å². The second-order valence-electron chi connectivity index (χ2n) is 12.1. The van der Waals surface area contributed by atoms with Crippen molar-refractivity contribution < 1.29 is 14.3 Å². The van der Waals surface area contributed by atoms with E-state index >= 15 is 0 Å². The van der Waals surface area contributed by atoms with Crippen LogP contribution in [0.5, 0.6) is 0 Å². The van der Waals surface area contributed by atoms with Crippen molar-refractivity contribution in [1.82, 2.24) is 10.2 Å². The lowest BCUT2D eigenvalue weighted by atomic mass is 9.73. The molecule has 2 aromatic carbocycles. The SMILES string of the molecule is CN(C)c1ccc(C2C3=C(CC(C)(C)CC3=O)Nc3ccccc3N2CC(=O)NCCCN2CCOCC2)cc1. The molecule has 1 unspecified atom stereocenters. The number of fused-ring (bicyclic) bond motifs is 1. The summed E-state index contributed by atoms with van der Waals surface area (Å²) in [6, 6.07) is 16.1. The van der Waals surface area contributed by atoms with E-state index in [1.165, 1.54) is 0 Å². The molecule has 0 bridgehead atoms. The molecule has 214 valence electrons. The molecule has 40 heavy (non-hydrogen) atoms. The molecule has 0 radical (unpaired) electrons. The predicted molar refractivity (Wildman–Crippen MR) is 161 cm³/mol. The Kier molecular flexibility index (Phi) is 8.47. The molecule has 3 aliphatic rings. The van der Waals surface area contributed by atoms with E-state index in [2.05, 4.69) is 63.4 Å². The topological polar surface area (TPSA) is 77.2 Å². The average Bonchev–Trinajstić information content (AvgIpc) is 3.05. The number of ketones is 1. The van der Waals surface area contributed by atoms with Gasteiger partial charge in [-0.05, 0) is 54.6 Å². The van der Waals surface area contributed by atoms with E-state index < -0.39 is 0 Å². The van der Waals surface area contributed by atoms with Crippen LogP contribution in [0.25, 0.3) is 0 Å². The van der Waals surface area contributed by atoms with Crippen LogP contribution in [0.2, 0.25) is 0 Å². The molecule has 1 amide bonds. The van der Waals surface area contributed by atoms with E-state index in [1.54, 1.807) is 0 Å². The molecule has 2 N–H and O–H groups in total. The van der Waals surface area contributed by atoms with Crippen LogP contribution in [-0.2, 0) is 14.3 Å². The monoisotopic (exact) mass is 545 g/mol. The summed E-state index contributed by atoms with van der Waals surface area (Å²) in [5.41, 5.74) is 5.54. The molecular formula is C32H43N5O3. The summed E-state index contributed by atoms with van der Waals surface area (Å²) < 4.78 is 5.44. The largest absolute Gasteiger partial charge is 0.379 e. The molecule has 2 aliphatic heterocycles. The quantitative estimate of drug-likeness (QED) is 0.482. The van der Waals surface area contributed by atoms with Gasteiger partial charge in [-0.15, -0.1) is 0 Å². The van der Waals surface area contributed by atoms with E-state index in [1.807, 2.05) is 38.4 Å². The van der Waals surface area contributed by atoms with Crippen molar-refractivity contribution in [2.75, 3.05) is 75.1 Å². The van der Waals surface area contributed by atoms with E-state index in [4.69, 9.17) is 4.74 Å². The van der Waals surface area contributed by atoms with Gasteiger partial charge in [0.25, 0.3) is 0 Å². The van der Waals surface area contributed by atoms with Gasteiger partial charge in [-0.25, -0.2) is 0 Å². The normalized spacial score (nSPS) is 20.8. The van der Waals surface area contributed by atoms with Crippen molar-refractivity contribution in [3.05, 3.63) is 65.4 Å². The highest BCUT2D eigenvalue weighted by atomic mass is 16.5. The van der Waals surface area contributed by atoms with Crippen molar-refractivity contribution in [1.29, 1.82) is 0 Å². The van der Waals surface area contributed by atoms with Crippen LogP contribution in [0.4, 0.5) is 17.1 Å². The highest BCUT2D eigenvalue weighted by molar-refractivity contribution is 6.01. The van der Waals surface area contributed by atoms with Gasteiger partial charge in [0.1, 0.15) is 0 Å². The fourth-order valence-electron chi connectivity index (χ4n) is 6.09. The van der Waals surface area contributed by atoms with Crippen molar-refractivity contribution in [3.63, 3.8) is 0 Å². The number of carbonyl (C=O) groups is 2. The second kappa shape index (κ2) is 12.0. The molecule has 1 fully saturated rings. The van der Waals surface area contributed by atoms with Gasteiger partial charge in [-0.3, -0.25) is 14.5 Å². The smallest absolute Gasteiger partial charge is 0.239 e. The third kappa shape index (κ3) is 6.34. The van der Waals surface area contributed by atoms with E-state index in [0.717, 1.165) is 79.6 Å². The number of amides is 1. The number of ether oxygens (including phenoxy) is 1. The first-order chi connectivity index (χ1) is 19.2. The maximum atomic E-state index is 13.9. The third-order valence-electron chi connectivity index (χ3n) is 8.12. The summed E-state index contributed by atoms with van der Waals surface area (Å²) in [4.78, 5) is 33.8. The molecule has 0 aromatic heterocycles. The van der Waals surface area contributed by atoms with Gasteiger partial charge >= 0.3 is 0 Å². The number of carbonyl (C=O) groups excluding carboxylic acids is 2. The number of rotatable bonds is 8. The van der Waals surface area contributed by atoms with Gasteiger partial charge in [0.2, 0.25) is 5.91 Å². The van der Waals surface area contributed by atoms with Gasteiger partial charge in [0, 0.05) is 57.1 Å². The highest BCUT2D eigenvalue weighted by Gasteiger charge is 2.41. The number of nitrogens with one attached hydrogen (secondary N) is 2. The minimum Gasteiger partial charge on any atom is -0.379 e. The van der Waals surface area contributed by atoms with Crippen LogP contribution < -0.4 is 20.4 Å². The summed E-state index contributed by atoms with van der Waals surface area (Å²) in [7, 11) is 4.04. The lowest BCUT2D eigenvalue weighted by molar-refractivity contribution is -0.120. The summed E-state index contributed by atoms with van der Waals surface area (Å²) in [6.45, 7) is 9.47. The summed E-state index contributed by atoms with van der Waals surface area (Å²) in [5.74, 6) is 0.100. The van der Waals surface area contributed by atoms with Crippen molar-refractivity contribution in [2.24, 2.45) is 5.41 Å². The van der Waals surface area contributed by atoms with Crippen LogP contribution >= 0.6 is 0 Å². The Morgan fingerprint density at radius 1 is 1.07 bits per heavy atom. The number of benzene rings is 2. The molecule has 1 atom stereocenters. The number of allylic oxidation sites excluding steroid dienone is 1. The predicted octanol–water partition coefficient (Wildman–Crippen LogP) is 4.21. The van der Waals surface area contributed by atoms with Gasteiger partial charge < -0.3 is 25.2 Å². The number of hydrogen-bond acceptors (Lipinski definition) is 7. The Balaban J connectivity index is 1.45. The molecule has 5 rings (SSSR count). The maximum absolute atomic E-state index is 13.9. The Labute approximate surface area is 238 Å². The lowest BCUT2D eigenvalue weighted by Gasteiger charge is -2.38. The van der Waals surface area contributed by atoms with Crippen molar-refractivity contribution >= 4 is 28.8 Å². The number of morpholine rings is 1. The molecule has 8 heteroatoms. The van der Waals surface area contributed by atoms with E-state index in [-0.39, 0.29) is 29.7 Å². The lowest BCUT2D eigenvalue weighted by Crippen LogP contribution is -2.43. The molecular weight excluding hydrogens is 502 g/mol. The number of Topliss-reactive ketones (excluding diaryl/α,β-unsaturated/α-hetero) is 1. The Bertz CT molecular complexity index is 1250. The second-order valence-corrected chi connectivity index (χ2v) is 12.1. The highest BCUT2D eigenvalue weighted by Crippen LogP contribution is 2.48. The fourth-order valence-corrected chi connectivity index (χ4v) is 6.09. The average molecular weight is 546 g/mol. The van der Waals surface area contributed by atoms with Crippen LogP contribution in [-0.4, -0.2) is 76.6 Å². The molecule has 2 aromatic rings. The Morgan fingerprint density at radius 3 is 2.52 bits per heavy atom. The summed E-state index contributed by atoms with van der Waals surface area (Å²) in [5, 5.41) is 6.78. The van der Waals surface area contributed by atoms with Gasteiger partial charge in [0.15, 0.2) is 5.78 Å².